The van der Waals surface area contributed by atoms with Crippen LogP contribution in [0.15, 0.2) is 0 Å². The second-order valence-corrected chi connectivity index (χ2v) is 10.0. The first-order chi connectivity index (χ1) is 7.42. The summed E-state index contributed by atoms with van der Waals surface area (Å²) >= 11 is 0. The first kappa shape index (κ1) is 10.5. The third-order valence-electron chi connectivity index (χ3n) is 4.52. The van der Waals surface area contributed by atoms with Crippen molar-refractivity contribution < 1.29 is 8.54 Å². The van der Waals surface area contributed by atoms with Crippen molar-refractivity contribution in [1.82, 2.24) is 0 Å². The van der Waals surface area contributed by atoms with Gasteiger partial charge in [-0.25, -0.2) is 0 Å². The Hall–Kier alpha value is 0.354. The summed E-state index contributed by atoms with van der Waals surface area (Å²) in [5.41, 5.74) is 1.03. The molecule has 0 radical (unpaired) electrons. The van der Waals surface area contributed by atoms with Gasteiger partial charge in [0.25, 0.3) is 0 Å². The molecule has 0 aromatic heterocycles. The van der Waals surface area contributed by atoms with Gasteiger partial charge < -0.3 is 8.54 Å². The summed E-state index contributed by atoms with van der Waals surface area (Å²) < 4.78 is 11.9. The number of fused-ring (bicyclic) bond motifs is 2. The van der Waals surface area contributed by atoms with Crippen molar-refractivity contribution in [2.75, 3.05) is 6.61 Å². The molecule has 0 aromatic carbocycles. The topological polar surface area (TPSA) is 18.5 Å². The van der Waals surface area contributed by atoms with Crippen molar-refractivity contribution in [3.05, 3.63) is 0 Å². The van der Waals surface area contributed by atoms with E-state index in [2.05, 4.69) is 0 Å². The molecule has 2 nitrogen and oxygen atoms in total. The molecule has 3 fully saturated rings. The predicted molar refractivity (Wildman–Crippen MR) is 66.0 cm³/mol. The normalized spacial score (nSPS) is 45.6. The molecule has 15 heavy (non-hydrogen) atoms. The van der Waals surface area contributed by atoms with Gasteiger partial charge in [-0.2, -0.15) is 0 Å². The average molecular weight is 242 g/mol. The highest BCUT2D eigenvalue weighted by Gasteiger charge is 2.40. The highest BCUT2D eigenvalue weighted by Crippen LogP contribution is 2.51. The molecule has 1 saturated heterocycles. The predicted octanol–water partition coefficient (Wildman–Crippen LogP) is 1.73. The lowest BCUT2D eigenvalue weighted by Gasteiger charge is -2.26. The molecule has 2 bridgehead atoms. The number of rotatable bonds is 3. The van der Waals surface area contributed by atoms with Crippen LogP contribution in [0.4, 0.5) is 0 Å². The smallest absolute Gasteiger partial charge is 0.310 e. The lowest BCUT2D eigenvalue weighted by atomic mass is 10.0. The summed E-state index contributed by atoms with van der Waals surface area (Å²) in [5, 5.41) is 0. The summed E-state index contributed by atoms with van der Waals surface area (Å²) in [5.74, 6) is 2.16. The monoisotopic (exact) mass is 242 g/mol. The molecule has 0 N–H and O–H groups in total. The van der Waals surface area contributed by atoms with E-state index < -0.39 is 9.28 Å². The van der Waals surface area contributed by atoms with Crippen molar-refractivity contribution in [3.63, 3.8) is 0 Å². The van der Waals surface area contributed by atoms with Gasteiger partial charge in [0.2, 0.25) is 0 Å². The Morgan fingerprint density at radius 1 is 1.20 bits per heavy atom. The Morgan fingerprint density at radius 2 is 2.20 bits per heavy atom. The summed E-state index contributed by atoms with van der Waals surface area (Å²) in [7, 11) is -1.39. The van der Waals surface area contributed by atoms with Crippen LogP contribution < -0.4 is 0 Å². The van der Waals surface area contributed by atoms with E-state index >= 15 is 0 Å². The van der Waals surface area contributed by atoms with Crippen LogP contribution >= 0.6 is 0 Å². The quantitative estimate of drug-likeness (QED) is 0.702. The maximum atomic E-state index is 6.18. The fourth-order valence-corrected chi connectivity index (χ4v) is 9.08. The van der Waals surface area contributed by atoms with E-state index in [9.17, 15) is 0 Å². The maximum Gasteiger partial charge on any atom is 0.310 e. The summed E-state index contributed by atoms with van der Waals surface area (Å²) in [6.45, 7) is 0.988. The molecule has 3 rings (SSSR count). The highest BCUT2D eigenvalue weighted by atomic mass is 28.4. The van der Waals surface area contributed by atoms with Crippen LogP contribution in [0.2, 0.25) is 11.6 Å². The third kappa shape index (κ3) is 2.38. The van der Waals surface area contributed by atoms with Gasteiger partial charge in [-0.05, 0) is 49.1 Å². The second kappa shape index (κ2) is 4.69. The molecule has 1 aliphatic heterocycles. The van der Waals surface area contributed by atoms with Gasteiger partial charge in [-0.3, -0.25) is 0 Å². The molecule has 1 heterocycles. The molecule has 86 valence electrons. The lowest BCUT2D eigenvalue weighted by Crippen LogP contribution is -2.30. The molecule has 0 amide bonds. The number of hydrogen-bond donors (Lipinski definition) is 0. The van der Waals surface area contributed by atoms with Gasteiger partial charge in [0.05, 0.1) is 0 Å². The Morgan fingerprint density at radius 3 is 2.87 bits per heavy atom. The summed E-state index contributed by atoms with van der Waals surface area (Å²) in [6, 6.07) is 1.29. The van der Waals surface area contributed by atoms with Crippen molar-refractivity contribution in [3.8, 4) is 0 Å². The Balaban J connectivity index is 1.42. The Labute approximate surface area is 96.5 Å². The first-order valence-electron chi connectivity index (χ1n) is 6.65. The molecule has 0 spiro atoms. The minimum atomic E-state index is -1.14. The average Bonchev–Trinajstić information content (AvgIpc) is 2.89. The third-order valence-corrected chi connectivity index (χ3v) is 9.69. The largest absolute Gasteiger partial charge is 0.443 e. The zero-order chi connectivity index (χ0) is 10.1. The molecule has 3 aliphatic rings. The van der Waals surface area contributed by atoms with E-state index in [4.69, 9.17) is 8.54 Å². The van der Waals surface area contributed by atoms with Crippen LogP contribution in [-0.4, -0.2) is 25.7 Å². The van der Waals surface area contributed by atoms with Crippen molar-refractivity contribution in [2.45, 2.75) is 50.1 Å². The molecule has 2 saturated carbocycles. The summed E-state index contributed by atoms with van der Waals surface area (Å²) in [6.07, 6.45) is 8.71. The van der Waals surface area contributed by atoms with E-state index in [1.54, 1.807) is 0 Å². The van der Waals surface area contributed by atoms with Crippen molar-refractivity contribution in [2.24, 2.45) is 11.8 Å². The lowest BCUT2D eigenvalue weighted by molar-refractivity contribution is 0.237. The van der Waals surface area contributed by atoms with Gasteiger partial charge in [0.15, 0.2) is 9.76 Å². The van der Waals surface area contributed by atoms with Crippen LogP contribution in [0.1, 0.15) is 38.5 Å². The zero-order valence-corrected chi connectivity index (χ0v) is 12.1. The minimum absolute atomic E-state index is 0.248. The Bertz CT molecular complexity index is 219. The highest BCUT2D eigenvalue weighted by molar-refractivity contribution is 6.53. The Kier molecular flexibility index (Phi) is 3.29. The van der Waals surface area contributed by atoms with Crippen LogP contribution in [0, 0.1) is 11.8 Å². The van der Waals surface area contributed by atoms with E-state index in [0.717, 1.165) is 24.0 Å². The molecule has 2 aliphatic carbocycles. The fourth-order valence-electron chi connectivity index (χ4n) is 3.65. The fraction of sp³-hybridized carbons (Fsp3) is 1.00. The van der Waals surface area contributed by atoms with Gasteiger partial charge in [0.1, 0.15) is 0 Å². The standard InChI is InChI=1S/C11H22O2Si2/c1-2-6-15(12-5-1)13-14-11-8-9-3-4-10(11)7-9/h9-11,15H,1-8,14H2. The van der Waals surface area contributed by atoms with Gasteiger partial charge in [0, 0.05) is 6.61 Å². The molecule has 4 atom stereocenters. The minimum Gasteiger partial charge on any atom is -0.443 e. The van der Waals surface area contributed by atoms with E-state index in [-0.39, 0.29) is 9.76 Å². The molecule has 0 aromatic rings. The van der Waals surface area contributed by atoms with Crippen LogP contribution in [0.3, 0.4) is 0 Å². The van der Waals surface area contributed by atoms with Crippen molar-refractivity contribution in [1.29, 1.82) is 0 Å². The molecule has 4 heteroatoms. The van der Waals surface area contributed by atoms with E-state index in [0.29, 0.717) is 0 Å². The zero-order valence-electron chi connectivity index (χ0n) is 9.49. The molecule has 4 unspecified atom stereocenters. The van der Waals surface area contributed by atoms with Crippen LogP contribution in [0.25, 0.3) is 0 Å². The summed E-state index contributed by atoms with van der Waals surface area (Å²) in [4.78, 5) is 0. The van der Waals surface area contributed by atoms with E-state index in [1.807, 2.05) is 0 Å². The van der Waals surface area contributed by atoms with Gasteiger partial charge >= 0.3 is 9.28 Å². The van der Waals surface area contributed by atoms with Gasteiger partial charge in [-0.15, -0.1) is 0 Å². The first-order valence-corrected chi connectivity index (χ1v) is 9.80. The van der Waals surface area contributed by atoms with Crippen LogP contribution in [0.5, 0.6) is 0 Å². The number of hydrogen-bond acceptors (Lipinski definition) is 2. The molecular formula is C11H22O2Si2. The van der Waals surface area contributed by atoms with Crippen LogP contribution in [-0.2, 0) is 8.54 Å². The molecular weight excluding hydrogens is 220 g/mol. The SMILES string of the molecule is C1CC[SiH](O[SiH2]C2CC3CCC2C3)OC1. The second-order valence-electron chi connectivity index (χ2n) is 5.56. The van der Waals surface area contributed by atoms with Crippen molar-refractivity contribution >= 4 is 19.0 Å². The van der Waals surface area contributed by atoms with Gasteiger partial charge in [-0.1, -0.05) is 12.8 Å². The van der Waals surface area contributed by atoms with E-state index in [1.165, 1.54) is 44.6 Å². The maximum absolute atomic E-state index is 6.18.